The number of amides is 2. The Morgan fingerprint density at radius 2 is 1.96 bits per heavy atom. The van der Waals surface area contributed by atoms with Gasteiger partial charge in [-0.1, -0.05) is 36.4 Å². The Morgan fingerprint density at radius 1 is 1.18 bits per heavy atom. The molecule has 2 amide bonds. The van der Waals surface area contributed by atoms with Crippen LogP contribution in [0.2, 0.25) is 0 Å². The number of hydrogen-bond donors (Lipinski definition) is 1. The molecular formula is C20H24N2O4S2. The fourth-order valence-electron chi connectivity index (χ4n) is 2.76. The van der Waals surface area contributed by atoms with E-state index in [1.165, 1.54) is 0 Å². The maximum atomic E-state index is 12.6. The molecule has 1 aliphatic rings. The normalized spacial score (nSPS) is 15.1. The molecule has 1 aromatic carbocycles. The van der Waals surface area contributed by atoms with Crippen LogP contribution in [0, 0.1) is 0 Å². The van der Waals surface area contributed by atoms with Gasteiger partial charge >= 0.3 is 6.09 Å². The lowest BCUT2D eigenvalue weighted by molar-refractivity contribution is -0.135. The third kappa shape index (κ3) is 6.85. The number of thiophene rings is 1. The summed E-state index contributed by atoms with van der Waals surface area (Å²) in [5.74, 6) is 0.639. The van der Waals surface area contributed by atoms with Gasteiger partial charge < -0.3 is 19.7 Å². The lowest BCUT2D eigenvalue weighted by atomic mass is 10.2. The Hall–Kier alpha value is -2.03. The summed E-state index contributed by atoms with van der Waals surface area (Å²) < 4.78 is 11.8. The largest absolute Gasteiger partial charge is 0.445 e. The van der Waals surface area contributed by atoms with Crippen LogP contribution in [0.3, 0.4) is 0 Å². The molecule has 0 aliphatic carbocycles. The van der Waals surface area contributed by atoms with Crippen molar-refractivity contribution in [2.24, 2.45) is 0 Å². The van der Waals surface area contributed by atoms with E-state index in [0.717, 1.165) is 9.77 Å². The molecular weight excluding hydrogens is 396 g/mol. The Bertz CT molecular complexity index is 734. The van der Waals surface area contributed by atoms with Crippen molar-refractivity contribution in [3.63, 3.8) is 0 Å². The summed E-state index contributed by atoms with van der Waals surface area (Å²) in [5, 5.41) is 4.88. The zero-order valence-corrected chi connectivity index (χ0v) is 17.2. The Morgan fingerprint density at radius 3 is 2.68 bits per heavy atom. The Kier molecular flexibility index (Phi) is 8.20. The number of alkyl carbamates (subject to hydrolysis) is 1. The van der Waals surface area contributed by atoms with Crippen LogP contribution in [-0.2, 0) is 20.9 Å². The molecule has 1 fully saturated rings. The van der Waals surface area contributed by atoms with Crippen molar-refractivity contribution >= 4 is 35.1 Å². The summed E-state index contributed by atoms with van der Waals surface area (Å²) in [5.41, 5.74) is 0.923. The lowest BCUT2D eigenvalue weighted by Crippen LogP contribution is -2.45. The molecule has 0 saturated carbocycles. The molecule has 3 rings (SSSR count). The van der Waals surface area contributed by atoms with Crippen LogP contribution in [0.25, 0.3) is 0 Å². The van der Waals surface area contributed by atoms with Crippen LogP contribution in [0.4, 0.5) is 4.79 Å². The maximum absolute atomic E-state index is 12.6. The smallest absolute Gasteiger partial charge is 0.407 e. The molecule has 150 valence electrons. The quantitative estimate of drug-likeness (QED) is 0.663. The van der Waals surface area contributed by atoms with Gasteiger partial charge in [-0.3, -0.25) is 4.79 Å². The molecule has 0 radical (unpaired) electrons. The van der Waals surface area contributed by atoms with Crippen LogP contribution in [-0.4, -0.2) is 55.0 Å². The minimum atomic E-state index is -0.504. The van der Waals surface area contributed by atoms with Crippen molar-refractivity contribution in [3.05, 3.63) is 53.4 Å². The van der Waals surface area contributed by atoms with Gasteiger partial charge in [-0.25, -0.2) is 4.79 Å². The number of carbonyl (C=O) groups excluding carboxylic acids is 2. The van der Waals surface area contributed by atoms with Crippen molar-refractivity contribution in [3.8, 4) is 0 Å². The van der Waals surface area contributed by atoms with Crippen molar-refractivity contribution in [2.45, 2.75) is 23.3 Å². The molecule has 8 heteroatoms. The molecule has 6 nitrogen and oxygen atoms in total. The van der Waals surface area contributed by atoms with E-state index in [-0.39, 0.29) is 25.0 Å². The molecule has 0 bridgehead atoms. The number of thioether (sulfide) groups is 1. The molecule has 1 saturated heterocycles. The lowest BCUT2D eigenvalue weighted by Gasteiger charge is -2.28. The first-order chi connectivity index (χ1) is 13.7. The van der Waals surface area contributed by atoms with Gasteiger partial charge in [-0.05, 0) is 17.0 Å². The second kappa shape index (κ2) is 11.1. The molecule has 0 spiro atoms. The van der Waals surface area contributed by atoms with E-state index in [1.807, 2.05) is 47.8 Å². The molecule has 1 aromatic heterocycles. The first-order valence-corrected chi connectivity index (χ1v) is 11.1. The summed E-state index contributed by atoms with van der Waals surface area (Å²) in [7, 11) is 0. The summed E-state index contributed by atoms with van der Waals surface area (Å²) in [6.07, 6.45) is -0.255. The number of rotatable bonds is 8. The third-order valence-electron chi connectivity index (χ3n) is 4.24. The van der Waals surface area contributed by atoms with E-state index in [4.69, 9.17) is 9.47 Å². The van der Waals surface area contributed by atoms with E-state index in [1.54, 1.807) is 28.0 Å². The minimum absolute atomic E-state index is 0.0310. The second-order valence-corrected chi connectivity index (χ2v) is 8.61. The number of benzene rings is 1. The molecule has 2 heterocycles. The number of nitrogens with zero attached hydrogens (tertiary/aromatic N) is 1. The van der Waals surface area contributed by atoms with Crippen molar-refractivity contribution in [1.82, 2.24) is 10.2 Å². The van der Waals surface area contributed by atoms with Gasteiger partial charge in [0.1, 0.15) is 6.61 Å². The molecule has 0 unspecified atom stereocenters. The van der Waals surface area contributed by atoms with E-state index >= 15 is 0 Å². The minimum Gasteiger partial charge on any atom is -0.445 e. The van der Waals surface area contributed by atoms with Crippen LogP contribution in [0.1, 0.15) is 12.0 Å². The Balaban J connectivity index is 1.53. The zero-order valence-electron chi connectivity index (χ0n) is 15.5. The van der Waals surface area contributed by atoms with Crippen LogP contribution in [0.15, 0.2) is 52.1 Å². The molecule has 1 aliphatic heterocycles. The highest BCUT2D eigenvalue weighted by atomic mass is 32.2. The SMILES string of the molecule is O=C(N[C@@H](CSc1cccs1)CC(=O)N1CCOCC1)OCc1ccccc1. The molecule has 2 aromatic rings. The molecule has 1 atom stereocenters. The summed E-state index contributed by atoms with van der Waals surface area (Å²) in [4.78, 5) is 26.7. The highest BCUT2D eigenvalue weighted by Crippen LogP contribution is 2.24. The fraction of sp³-hybridized carbons (Fsp3) is 0.400. The van der Waals surface area contributed by atoms with E-state index in [9.17, 15) is 9.59 Å². The average molecular weight is 421 g/mol. The van der Waals surface area contributed by atoms with Crippen LogP contribution >= 0.6 is 23.1 Å². The zero-order chi connectivity index (χ0) is 19.6. The van der Waals surface area contributed by atoms with E-state index in [0.29, 0.717) is 32.1 Å². The number of nitrogens with one attached hydrogen (secondary N) is 1. The van der Waals surface area contributed by atoms with E-state index < -0.39 is 6.09 Å². The number of morpholine rings is 1. The number of carbonyl (C=O) groups is 2. The number of ether oxygens (including phenoxy) is 2. The Labute approximate surface area is 173 Å². The van der Waals surface area contributed by atoms with Gasteiger partial charge in [-0.2, -0.15) is 0 Å². The average Bonchev–Trinajstić information content (AvgIpc) is 3.25. The van der Waals surface area contributed by atoms with Crippen molar-refractivity contribution in [1.29, 1.82) is 0 Å². The first-order valence-electron chi connectivity index (χ1n) is 9.20. The van der Waals surface area contributed by atoms with E-state index in [2.05, 4.69) is 5.32 Å². The molecule has 28 heavy (non-hydrogen) atoms. The summed E-state index contributed by atoms with van der Waals surface area (Å²) in [6, 6.07) is 13.2. The second-order valence-electron chi connectivity index (χ2n) is 6.34. The third-order valence-corrected chi connectivity index (χ3v) is 6.53. The first kappa shape index (κ1) is 20.7. The van der Waals surface area contributed by atoms with Crippen LogP contribution in [0.5, 0.6) is 0 Å². The summed E-state index contributed by atoms with van der Waals surface area (Å²) >= 11 is 3.28. The van der Waals surface area contributed by atoms with Gasteiger partial charge in [0.05, 0.1) is 23.5 Å². The van der Waals surface area contributed by atoms with Crippen molar-refractivity contribution < 1.29 is 19.1 Å². The standard InChI is InChI=1S/C20H24N2O4S2/c23-18(22-8-10-25-11-9-22)13-17(15-28-19-7-4-12-27-19)21-20(24)26-14-16-5-2-1-3-6-16/h1-7,12,17H,8-11,13-15H2,(H,21,24)/t17-/m1/s1. The van der Waals surface area contributed by atoms with Crippen molar-refractivity contribution in [2.75, 3.05) is 32.1 Å². The predicted octanol–water partition coefficient (Wildman–Crippen LogP) is 3.38. The number of hydrogen-bond acceptors (Lipinski definition) is 6. The highest BCUT2D eigenvalue weighted by molar-refractivity contribution is 8.01. The fourth-order valence-corrected chi connectivity index (χ4v) is 4.60. The van der Waals surface area contributed by atoms with Crippen LogP contribution < -0.4 is 5.32 Å². The summed E-state index contributed by atoms with van der Waals surface area (Å²) in [6.45, 7) is 2.53. The van der Waals surface area contributed by atoms with Gasteiger partial charge in [0.15, 0.2) is 0 Å². The topological polar surface area (TPSA) is 67.9 Å². The van der Waals surface area contributed by atoms with Gasteiger partial charge in [-0.15, -0.1) is 23.1 Å². The van der Waals surface area contributed by atoms with Gasteiger partial charge in [0.25, 0.3) is 0 Å². The van der Waals surface area contributed by atoms with Gasteiger partial charge in [0, 0.05) is 25.3 Å². The molecule has 1 N–H and O–H groups in total. The highest BCUT2D eigenvalue weighted by Gasteiger charge is 2.23. The maximum Gasteiger partial charge on any atom is 0.407 e. The predicted molar refractivity (Wildman–Crippen MR) is 111 cm³/mol. The van der Waals surface area contributed by atoms with Gasteiger partial charge in [0.2, 0.25) is 5.91 Å². The monoisotopic (exact) mass is 420 g/mol.